The lowest BCUT2D eigenvalue weighted by molar-refractivity contribution is -0.121. The van der Waals surface area contributed by atoms with Crippen molar-refractivity contribution < 1.29 is 18.8 Å². The van der Waals surface area contributed by atoms with Gasteiger partial charge in [0.05, 0.1) is 5.56 Å². The number of aromatic nitrogens is 1. The normalized spacial score (nSPS) is 17.8. The van der Waals surface area contributed by atoms with E-state index in [0.29, 0.717) is 11.6 Å². The number of H-pyrrole nitrogens is 1. The molecule has 0 unspecified atom stereocenters. The van der Waals surface area contributed by atoms with Crippen LogP contribution in [0.15, 0.2) is 72.9 Å². The molecular weight excluding hydrogens is 619 g/mol. The van der Waals surface area contributed by atoms with Crippen molar-refractivity contribution >= 4 is 46.0 Å². The van der Waals surface area contributed by atoms with Crippen molar-refractivity contribution in [2.45, 2.75) is 25.3 Å². The molecule has 1 aromatic heterocycles. The number of urea groups is 1. The monoisotopic (exact) mass is 658 g/mol. The van der Waals surface area contributed by atoms with Crippen LogP contribution in [0, 0.1) is 11.7 Å². The number of anilines is 1. The summed E-state index contributed by atoms with van der Waals surface area (Å²) in [5.74, 6) is -1.37. The van der Waals surface area contributed by atoms with Gasteiger partial charge >= 0.3 is 6.03 Å². The Labute approximate surface area is 279 Å². The zero-order valence-electron chi connectivity index (χ0n) is 26.9. The van der Waals surface area contributed by atoms with E-state index in [9.17, 15) is 18.8 Å². The average Bonchev–Trinajstić information content (AvgIpc) is 3.50. The number of fused-ring (bicyclic) bond motifs is 2. The summed E-state index contributed by atoms with van der Waals surface area (Å²) in [6.07, 6.45) is 2.70. The molecule has 4 aromatic rings. The highest BCUT2D eigenvalue weighted by molar-refractivity contribution is 6.30. The van der Waals surface area contributed by atoms with Gasteiger partial charge in [0, 0.05) is 73.0 Å². The maximum absolute atomic E-state index is 14.7. The summed E-state index contributed by atoms with van der Waals surface area (Å²) in [6, 6.07) is 18.2. The number of hydrogen-bond donors (Lipinski definition) is 2. The fourth-order valence-electron chi connectivity index (χ4n) is 6.92. The van der Waals surface area contributed by atoms with E-state index in [1.807, 2.05) is 68.5 Å². The van der Waals surface area contributed by atoms with Crippen LogP contribution in [0.2, 0.25) is 5.02 Å². The van der Waals surface area contributed by atoms with Crippen LogP contribution in [0.25, 0.3) is 10.9 Å². The van der Waals surface area contributed by atoms with Crippen LogP contribution in [-0.2, 0) is 11.2 Å². The molecule has 0 spiro atoms. The van der Waals surface area contributed by atoms with Gasteiger partial charge in [0.2, 0.25) is 5.91 Å². The SMILES string of the molecule is C[C@@H](c1c[nH]c2ccccc12)[C@@H](NC(=O)N1CCN(C(=O)c2ccccc2F)CC1)C(=O)N1C[C@@H](CN(C)C)Cc2cc(Cl)ccc21. The van der Waals surface area contributed by atoms with E-state index in [-0.39, 0.29) is 55.5 Å². The molecule has 3 aromatic carbocycles. The third kappa shape index (κ3) is 6.84. The number of aromatic amines is 1. The number of piperazine rings is 1. The van der Waals surface area contributed by atoms with Crippen LogP contribution in [0.1, 0.15) is 34.3 Å². The lowest BCUT2D eigenvalue weighted by atomic mass is 9.88. The van der Waals surface area contributed by atoms with Gasteiger partial charge in [-0.3, -0.25) is 9.59 Å². The summed E-state index contributed by atoms with van der Waals surface area (Å²) in [5, 5.41) is 4.71. The van der Waals surface area contributed by atoms with Gasteiger partial charge < -0.3 is 29.9 Å². The van der Waals surface area contributed by atoms with Gasteiger partial charge in [-0.25, -0.2) is 9.18 Å². The Balaban J connectivity index is 1.26. The largest absolute Gasteiger partial charge is 0.361 e. The number of carbonyl (C=O) groups excluding carboxylic acids is 3. The molecule has 3 heterocycles. The molecule has 47 heavy (non-hydrogen) atoms. The highest BCUT2D eigenvalue weighted by atomic mass is 35.5. The first-order chi connectivity index (χ1) is 22.6. The number of benzene rings is 3. The van der Waals surface area contributed by atoms with Crippen LogP contribution in [0.4, 0.5) is 14.9 Å². The second kappa shape index (κ2) is 13.8. The summed E-state index contributed by atoms with van der Waals surface area (Å²) in [6.45, 7) is 4.28. The minimum absolute atomic E-state index is 0.0132. The van der Waals surface area contributed by atoms with Crippen LogP contribution in [-0.4, -0.2) is 96.9 Å². The molecule has 0 bridgehead atoms. The molecule has 0 aliphatic carbocycles. The van der Waals surface area contributed by atoms with Gasteiger partial charge in [-0.05, 0) is 74.0 Å². The molecule has 3 atom stereocenters. The molecule has 2 aliphatic heterocycles. The number of rotatable bonds is 7. The van der Waals surface area contributed by atoms with Crippen LogP contribution in [0.5, 0.6) is 0 Å². The van der Waals surface area contributed by atoms with Gasteiger partial charge in [0.25, 0.3) is 5.91 Å². The van der Waals surface area contributed by atoms with E-state index in [1.165, 1.54) is 12.1 Å². The summed E-state index contributed by atoms with van der Waals surface area (Å²) < 4.78 is 14.3. The van der Waals surface area contributed by atoms with E-state index in [2.05, 4.69) is 15.2 Å². The van der Waals surface area contributed by atoms with Crippen molar-refractivity contribution in [1.29, 1.82) is 0 Å². The van der Waals surface area contributed by atoms with Crippen molar-refractivity contribution in [2.24, 2.45) is 5.92 Å². The fourth-order valence-corrected chi connectivity index (χ4v) is 7.12. The van der Waals surface area contributed by atoms with Gasteiger partial charge in [-0.2, -0.15) is 0 Å². The molecular formula is C36H40ClFN6O3. The first kappa shape index (κ1) is 32.5. The standard InChI is InChI=1S/C36H40ClFN6O3/c1-23(29-20-39-31-11-7-5-8-27(29)31)33(35(46)44-22-24(21-41(2)3)18-25-19-26(37)12-13-32(25)44)40-36(47)43-16-14-42(15-17-43)34(45)28-9-4-6-10-30(28)38/h4-13,19-20,23-24,33,39H,14-18,21-22H2,1-3H3,(H,40,47)/t23-,24+,33+/m0/s1. The quantitative estimate of drug-likeness (QED) is 0.280. The minimum Gasteiger partial charge on any atom is -0.361 e. The Morgan fingerprint density at radius 1 is 1.00 bits per heavy atom. The zero-order chi connectivity index (χ0) is 33.2. The summed E-state index contributed by atoms with van der Waals surface area (Å²) in [7, 11) is 4.04. The molecule has 9 nitrogen and oxygen atoms in total. The van der Waals surface area contributed by atoms with Gasteiger partial charge in [0.1, 0.15) is 11.9 Å². The second-order valence-electron chi connectivity index (χ2n) is 12.8. The zero-order valence-corrected chi connectivity index (χ0v) is 27.6. The maximum Gasteiger partial charge on any atom is 0.318 e. The van der Waals surface area contributed by atoms with Gasteiger partial charge in [-0.15, -0.1) is 0 Å². The number of nitrogens with zero attached hydrogens (tertiary/aromatic N) is 4. The smallest absolute Gasteiger partial charge is 0.318 e. The molecule has 1 saturated heterocycles. The molecule has 0 saturated carbocycles. The first-order valence-corrected chi connectivity index (χ1v) is 16.4. The molecule has 6 rings (SSSR count). The maximum atomic E-state index is 14.7. The van der Waals surface area contributed by atoms with E-state index in [1.54, 1.807) is 28.0 Å². The predicted molar refractivity (Wildman–Crippen MR) is 182 cm³/mol. The number of nitrogens with one attached hydrogen (secondary N) is 2. The average molecular weight is 659 g/mol. The van der Waals surface area contributed by atoms with Crippen molar-refractivity contribution in [3.63, 3.8) is 0 Å². The Morgan fingerprint density at radius 2 is 1.70 bits per heavy atom. The molecule has 2 N–H and O–H groups in total. The molecule has 246 valence electrons. The van der Waals surface area contributed by atoms with E-state index in [4.69, 9.17) is 11.6 Å². The summed E-state index contributed by atoms with van der Waals surface area (Å²) in [5.41, 5.74) is 3.70. The Morgan fingerprint density at radius 3 is 2.45 bits per heavy atom. The van der Waals surface area contributed by atoms with E-state index in [0.717, 1.165) is 40.7 Å². The molecule has 4 amide bonds. The van der Waals surface area contributed by atoms with Gasteiger partial charge in [-0.1, -0.05) is 48.9 Å². The predicted octanol–water partition coefficient (Wildman–Crippen LogP) is 5.37. The van der Waals surface area contributed by atoms with Crippen LogP contribution >= 0.6 is 11.6 Å². The topological polar surface area (TPSA) is 92.0 Å². The first-order valence-electron chi connectivity index (χ1n) is 16.0. The summed E-state index contributed by atoms with van der Waals surface area (Å²) in [4.78, 5) is 52.0. The Hall–Kier alpha value is -4.41. The second-order valence-corrected chi connectivity index (χ2v) is 13.3. The van der Waals surface area contributed by atoms with Crippen molar-refractivity contribution in [1.82, 2.24) is 25.0 Å². The number of para-hydroxylation sites is 1. The number of halogens is 2. The Kier molecular flexibility index (Phi) is 9.52. The van der Waals surface area contributed by atoms with Crippen LogP contribution in [0.3, 0.4) is 0 Å². The molecule has 2 aliphatic rings. The van der Waals surface area contributed by atoms with Crippen molar-refractivity contribution in [3.05, 3.63) is 100 Å². The van der Waals surface area contributed by atoms with Crippen molar-refractivity contribution in [2.75, 3.05) is 58.3 Å². The fraction of sp³-hybridized carbons (Fsp3) is 0.361. The lowest BCUT2D eigenvalue weighted by Gasteiger charge is -2.40. The lowest BCUT2D eigenvalue weighted by Crippen LogP contribution is -2.59. The third-order valence-electron chi connectivity index (χ3n) is 9.29. The number of carbonyl (C=O) groups is 3. The van der Waals surface area contributed by atoms with Crippen molar-refractivity contribution in [3.8, 4) is 0 Å². The minimum atomic E-state index is -0.888. The highest BCUT2D eigenvalue weighted by Gasteiger charge is 2.38. The summed E-state index contributed by atoms with van der Waals surface area (Å²) >= 11 is 6.40. The van der Waals surface area contributed by atoms with E-state index < -0.39 is 17.8 Å². The van der Waals surface area contributed by atoms with Gasteiger partial charge in [0.15, 0.2) is 0 Å². The molecule has 11 heteroatoms. The number of amides is 4. The Bertz CT molecular complexity index is 1790. The molecule has 1 fully saturated rings. The molecule has 0 radical (unpaired) electrons. The van der Waals surface area contributed by atoms with E-state index >= 15 is 0 Å². The van der Waals surface area contributed by atoms with Crippen LogP contribution < -0.4 is 10.2 Å². The third-order valence-corrected chi connectivity index (χ3v) is 9.52. The number of hydrogen-bond acceptors (Lipinski definition) is 4. The highest BCUT2D eigenvalue weighted by Crippen LogP contribution is 2.35.